The fraction of sp³-hybridized carbons (Fsp3) is 0.143. The Hall–Kier alpha value is -2.40. The fourth-order valence-corrected chi connectivity index (χ4v) is 1.61. The predicted molar refractivity (Wildman–Crippen MR) is 70.0 cm³/mol. The molecule has 0 aliphatic carbocycles. The Morgan fingerprint density at radius 1 is 1.11 bits per heavy atom. The maximum absolute atomic E-state index is 10.5. The molecule has 0 heterocycles. The number of aliphatic hydroxyl groups is 1. The fourth-order valence-electron chi connectivity index (χ4n) is 1.61. The van der Waals surface area contributed by atoms with Gasteiger partial charge in [-0.15, -0.1) is 0 Å². The van der Waals surface area contributed by atoms with E-state index in [4.69, 9.17) is 4.74 Å². The Morgan fingerprint density at radius 2 is 1.74 bits per heavy atom. The quantitative estimate of drug-likeness (QED) is 0.661. The number of nitro benzene ring substituents is 1. The van der Waals surface area contributed by atoms with Gasteiger partial charge in [0.05, 0.1) is 4.92 Å². The van der Waals surface area contributed by atoms with Gasteiger partial charge in [-0.1, -0.05) is 30.3 Å². The lowest BCUT2D eigenvalue weighted by Crippen LogP contribution is -2.09. The van der Waals surface area contributed by atoms with E-state index in [1.165, 1.54) is 24.3 Å². The van der Waals surface area contributed by atoms with E-state index in [2.05, 4.69) is 0 Å². The van der Waals surface area contributed by atoms with Crippen LogP contribution in [0.1, 0.15) is 11.7 Å². The number of hydrogen-bond donors (Lipinski definition) is 1. The molecule has 5 nitrogen and oxygen atoms in total. The highest BCUT2D eigenvalue weighted by Gasteiger charge is 2.09. The lowest BCUT2D eigenvalue weighted by Gasteiger charge is -2.12. The van der Waals surface area contributed by atoms with Gasteiger partial charge in [0.1, 0.15) is 18.5 Å². The van der Waals surface area contributed by atoms with E-state index in [9.17, 15) is 15.2 Å². The molecule has 0 amide bonds. The average Bonchev–Trinajstić information content (AvgIpc) is 2.46. The molecule has 0 saturated carbocycles. The van der Waals surface area contributed by atoms with Crippen molar-refractivity contribution in [2.24, 2.45) is 0 Å². The van der Waals surface area contributed by atoms with E-state index >= 15 is 0 Å². The lowest BCUT2D eigenvalue weighted by atomic mass is 10.1. The van der Waals surface area contributed by atoms with Crippen molar-refractivity contribution >= 4 is 5.69 Å². The summed E-state index contributed by atoms with van der Waals surface area (Å²) in [5.74, 6) is 0.487. The molecule has 5 heteroatoms. The highest BCUT2D eigenvalue weighted by atomic mass is 16.6. The van der Waals surface area contributed by atoms with Gasteiger partial charge in [-0.3, -0.25) is 10.1 Å². The Kier molecular flexibility index (Phi) is 4.10. The van der Waals surface area contributed by atoms with Gasteiger partial charge in [-0.05, 0) is 17.7 Å². The molecule has 1 atom stereocenters. The third-order valence-electron chi connectivity index (χ3n) is 2.64. The summed E-state index contributed by atoms with van der Waals surface area (Å²) in [6.45, 7) is 0.0990. The van der Waals surface area contributed by atoms with Gasteiger partial charge in [0.15, 0.2) is 0 Å². The van der Waals surface area contributed by atoms with Gasteiger partial charge >= 0.3 is 0 Å². The van der Waals surface area contributed by atoms with E-state index in [0.717, 1.165) is 5.56 Å². The molecule has 98 valence electrons. The van der Waals surface area contributed by atoms with Crippen LogP contribution in [0, 0.1) is 10.1 Å². The number of aliphatic hydroxyl groups excluding tert-OH is 1. The highest BCUT2D eigenvalue weighted by molar-refractivity contribution is 5.36. The van der Waals surface area contributed by atoms with E-state index < -0.39 is 11.0 Å². The summed E-state index contributed by atoms with van der Waals surface area (Å²) < 4.78 is 5.38. The zero-order valence-electron chi connectivity index (χ0n) is 10.1. The zero-order chi connectivity index (χ0) is 13.7. The molecule has 1 N–H and O–H groups in total. The summed E-state index contributed by atoms with van der Waals surface area (Å²) >= 11 is 0. The van der Waals surface area contributed by atoms with Gasteiger partial charge < -0.3 is 9.84 Å². The Balaban J connectivity index is 1.93. The highest BCUT2D eigenvalue weighted by Crippen LogP contribution is 2.19. The number of rotatable bonds is 5. The van der Waals surface area contributed by atoms with Gasteiger partial charge in [0, 0.05) is 12.1 Å². The second-order valence-electron chi connectivity index (χ2n) is 3.99. The van der Waals surface area contributed by atoms with Crippen LogP contribution in [-0.2, 0) is 0 Å². The summed E-state index contributed by atoms with van der Waals surface area (Å²) in [5, 5.41) is 20.4. The van der Waals surface area contributed by atoms with Crippen LogP contribution in [0.15, 0.2) is 54.6 Å². The van der Waals surface area contributed by atoms with Crippen molar-refractivity contribution in [3.63, 3.8) is 0 Å². The molecule has 0 bridgehead atoms. The number of benzene rings is 2. The van der Waals surface area contributed by atoms with Gasteiger partial charge in [-0.2, -0.15) is 0 Å². The number of hydrogen-bond acceptors (Lipinski definition) is 4. The van der Waals surface area contributed by atoms with Crippen LogP contribution in [0.5, 0.6) is 5.75 Å². The third kappa shape index (κ3) is 3.53. The number of non-ortho nitro benzene ring substituents is 1. The number of nitro groups is 1. The first-order valence-electron chi connectivity index (χ1n) is 5.77. The summed E-state index contributed by atoms with van der Waals surface area (Å²) in [6, 6.07) is 14.9. The minimum atomic E-state index is -0.726. The van der Waals surface area contributed by atoms with Crippen molar-refractivity contribution in [2.45, 2.75) is 6.10 Å². The smallest absolute Gasteiger partial charge is 0.269 e. The summed E-state index contributed by atoms with van der Waals surface area (Å²) in [4.78, 5) is 10.0. The third-order valence-corrected chi connectivity index (χ3v) is 2.64. The van der Waals surface area contributed by atoms with Gasteiger partial charge in [0.2, 0.25) is 0 Å². The van der Waals surface area contributed by atoms with Crippen LogP contribution in [0.4, 0.5) is 5.69 Å². The molecule has 2 aromatic rings. The van der Waals surface area contributed by atoms with E-state index in [1.807, 2.05) is 30.3 Å². The first-order chi connectivity index (χ1) is 9.16. The Labute approximate surface area is 110 Å². The topological polar surface area (TPSA) is 72.6 Å². The number of nitrogens with zero attached hydrogens (tertiary/aromatic N) is 1. The first kappa shape index (κ1) is 13.0. The molecule has 0 radical (unpaired) electrons. The molecule has 2 rings (SSSR count). The molecular weight excluding hydrogens is 246 g/mol. The van der Waals surface area contributed by atoms with Gasteiger partial charge in [0.25, 0.3) is 5.69 Å². The summed E-state index contributed by atoms with van der Waals surface area (Å²) in [5.41, 5.74) is 0.778. The van der Waals surface area contributed by atoms with Crippen LogP contribution < -0.4 is 4.74 Å². The SMILES string of the molecule is O=[N+]([O-])c1ccc(OCC(O)c2ccccc2)cc1. The van der Waals surface area contributed by atoms with Crippen LogP contribution in [0.2, 0.25) is 0 Å². The maximum atomic E-state index is 10.5. The molecule has 0 aliphatic heterocycles. The second kappa shape index (κ2) is 5.97. The van der Waals surface area contributed by atoms with Gasteiger partial charge in [-0.25, -0.2) is 0 Å². The molecule has 19 heavy (non-hydrogen) atoms. The van der Waals surface area contributed by atoms with Crippen LogP contribution in [0.25, 0.3) is 0 Å². The normalized spacial score (nSPS) is 11.8. The molecule has 0 aliphatic rings. The van der Waals surface area contributed by atoms with Crippen molar-refractivity contribution in [3.05, 3.63) is 70.3 Å². The van der Waals surface area contributed by atoms with Crippen LogP contribution in [-0.4, -0.2) is 16.6 Å². The minimum absolute atomic E-state index is 0.0101. The van der Waals surface area contributed by atoms with Crippen LogP contribution >= 0.6 is 0 Å². The lowest BCUT2D eigenvalue weighted by molar-refractivity contribution is -0.384. The first-order valence-corrected chi connectivity index (χ1v) is 5.77. The second-order valence-corrected chi connectivity index (χ2v) is 3.99. The Morgan fingerprint density at radius 3 is 2.32 bits per heavy atom. The Bertz CT molecular complexity index is 539. The largest absolute Gasteiger partial charge is 0.491 e. The van der Waals surface area contributed by atoms with Crippen molar-refractivity contribution < 1.29 is 14.8 Å². The van der Waals surface area contributed by atoms with Crippen LogP contribution in [0.3, 0.4) is 0 Å². The standard InChI is InChI=1S/C14H13NO4/c16-14(11-4-2-1-3-5-11)10-19-13-8-6-12(7-9-13)15(17)18/h1-9,14,16H,10H2. The molecule has 0 fully saturated rings. The van der Waals surface area contributed by atoms with E-state index in [0.29, 0.717) is 5.75 Å². The van der Waals surface area contributed by atoms with Crippen molar-refractivity contribution in [2.75, 3.05) is 6.61 Å². The van der Waals surface area contributed by atoms with Crippen molar-refractivity contribution in [1.82, 2.24) is 0 Å². The average molecular weight is 259 g/mol. The predicted octanol–water partition coefficient (Wildman–Crippen LogP) is 2.71. The molecule has 2 aromatic carbocycles. The molecule has 1 unspecified atom stereocenters. The monoisotopic (exact) mass is 259 g/mol. The minimum Gasteiger partial charge on any atom is -0.491 e. The van der Waals surface area contributed by atoms with E-state index in [-0.39, 0.29) is 12.3 Å². The molecule has 0 aromatic heterocycles. The number of ether oxygens (including phenoxy) is 1. The maximum Gasteiger partial charge on any atom is 0.269 e. The summed E-state index contributed by atoms with van der Waals surface area (Å²) in [6.07, 6.45) is -0.726. The zero-order valence-corrected chi connectivity index (χ0v) is 10.1. The molecule has 0 saturated heterocycles. The van der Waals surface area contributed by atoms with E-state index in [1.54, 1.807) is 0 Å². The van der Waals surface area contributed by atoms with Crippen molar-refractivity contribution in [3.8, 4) is 5.75 Å². The van der Waals surface area contributed by atoms with Crippen molar-refractivity contribution in [1.29, 1.82) is 0 Å². The summed E-state index contributed by atoms with van der Waals surface area (Å²) in [7, 11) is 0. The molecule has 0 spiro atoms. The molecular formula is C14H13NO4.